The minimum absolute atomic E-state index is 0.0173. The fourth-order valence-electron chi connectivity index (χ4n) is 5.75. The smallest absolute Gasteiger partial charge is 0.202 e. The van der Waals surface area contributed by atoms with Gasteiger partial charge in [-0.15, -0.1) is 0 Å². The van der Waals surface area contributed by atoms with E-state index in [1.54, 1.807) is 6.92 Å². The van der Waals surface area contributed by atoms with E-state index in [-0.39, 0.29) is 34.4 Å². The summed E-state index contributed by atoms with van der Waals surface area (Å²) in [5, 5.41) is 53.7. The van der Waals surface area contributed by atoms with Crippen molar-refractivity contribution >= 4 is 17.3 Å². The van der Waals surface area contributed by atoms with Crippen molar-refractivity contribution in [3.63, 3.8) is 0 Å². The molecule has 2 aromatic carbocycles. The minimum Gasteiger partial charge on any atom is -0.507 e. The fourth-order valence-corrected chi connectivity index (χ4v) is 5.75. The highest BCUT2D eigenvalue weighted by Gasteiger charge is 2.50. The van der Waals surface area contributed by atoms with Crippen LogP contribution in [0.4, 0.5) is 0 Å². The number of aliphatic hydroxyl groups excluding tert-OH is 2. The minimum atomic E-state index is -2.24. The maximum atomic E-state index is 13.6. The van der Waals surface area contributed by atoms with Crippen LogP contribution in [-0.4, -0.2) is 86.7 Å². The van der Waals surface area contributed by atoms with Gasteiger partial charge in [0.15, 0.2) is 17.9 Å². The molecule has 1 aliphatic heterocycles. The molecule has 12 heteroatoms. The van der Waals surface area contributed by atoms with Crippen molar-refractivity contribution in [2.45, 2.75) is 62.4 Å². The van der Waals surface area contributed by atoms with Crippen LogP contribution in [0.2, 0.25) is 0 Å². The summed E-state index contributed by atoms with van der Waals surface area (Å²) in [4.78, 5) is 39.7. The summed E-state index contributed by atoms with van der Waals surface area (Å²) in [6, 6.07) is 3.64. The molecule has 0 amide bonds. The average molecular weight is 544 g/mol. The van der Waals surface area contributed by atoms with Crippen LogP contribution in [0.1, 0.15) is 68.8 Å². The molecule has 1 fully saturated rings. The van der Waals surface area contributed by atoms with E-state index in [4.69, 9.17) is 19.9 Å². The summed E-state index contributed by atoms with van der Waals surface area (Å²) >= 11 is 0. The van der Waals surface area contributed by atoms with E-state index in [1.165, 1.54) is 25.3 Å². The van der Waals surface area contributed by atoms with E-state index >= 15 is 0 Å². The SMILES string of the molecule is COc1cccc2c1C(=O)c1c(O)c3c(c(O)c1C2=O)CC(O)(C(=O)CO)CC3O[C@H]1CC(N)[C@H](O)[C@H](C)O1. The highest BCUT2D eigenvalue weighted by Crippen LogP contribution is 2.52. The normalized spacial score (nSPS) is 29.8. The molecular formula is C27H29NO11. The number of hydrogen-bond acceptors (Lipinski definition) is 12. The number of Topliss-reactive ketones (excluding diaryl/α,β-unsaturated/α-hetero) is 1. The number of aliphatic hydroxyl groups is 3. The van der Waals surface area contributed by atoms with E-state index in [0.717, 1.165) is 0 Å². The van der Waals surface area contributed by atoms with E-state index in [1.807, 2.05) is 0 Å². The van der Waals surface area contributed by atoms with Crippen molar-refractivity contribution in [3.05, 3.63) is 51.6 Å². The molecular weight excluding hydrogens is 514 g/mol. The molecule has 6 atom stereocenters. The number of ketones is 3. The van der Waals surface area contributed by atoms with E-state index in [0.29, 0.717) is 0 Å². The van der Waals surface area contributed by atoms with Crippen LogP contribution in [0.5, 0.6) is 17.2 Å². The highest BCUT2D eigenvalue weighted by atomic mass is 16.7. The van der Waals surface area contributed by atoms with Gasteiger partial charge in [0.05, 0.1) is 42.1 Å². The summed E-state index contributed by atoms with van der Waals surface area (Å²) in [7, 11) is 1.32. The number of phenolic OH excluding ortho intramolecular Hbond substituents is 2. The van der Waals surface area contributed by atoms with Gasteiger partial charge in [0.2, 0.25) is 5.78 Å². The number of carbonyl (C=O) groups excluding carboxylic acids is 3. The Morgan fingerprint density at radius 1 is 1.15 bits per heavy atom. The first-order valence-corrected chi connectivity index (χ1v) is 12.4. The molecule has 3 aliphatic rings. The van der Waals surface area contributed by atoms with Crippen molar-refractivity contribution in [2.75, 3.05) is 13.7 Å². The predicted octanol–water partition coefficient (Wildman–Crippen LogP) is 0.00130. The monoisotopic (exact) mass is 543 g/mol. The van der Waals surface area contributed by atoms with Crippen LogP contribution >= 0.6 is 0 Å². The molecule has 1 saturated heterocycles. The van der Waals surface area contributed by atoms with Gasteiger partial charge in [0.25, 0.3) is 0 Å². The van der Waals surface area contributed by atoms with Crippen LogP contribution < -0.4 is 10.5 Å². The Morgan fingerprint density at radius 3 is 2.49 bits per heavy atom. The first-order chi connectivity index (χ1) is 18.4. The Hall–Kier alpha value is -3.39. The molecule has 7 N–H and O–H groups in total. The van der Waals surface area contributed by atoms with E-state index < -0.39 is 95.7 Å². The van der Waals surface area contributed by atoms with Crippen LogP contribution in [0.3, 0.4) is 0 Å². The van der Waals surface area contributed by atoms with Gasteiger partial charge in [-0.05, 0) is 13.0 Å². The third-order valence-electron chi connectivity index (χ3n) is 7.81. The Labute approximate surface area is 222 Å². The van der Waals surface area contributed by atoms with Crippen molar-refractivity contribution in [1.29, 1.82) is 0 Å². The number of rotatable bonds is 5. The first-order valence-electron chi connectivity index (χ1n) is 12.4. The van der Waals surface area contributed by atoms with Crippen LogP contribution in [0.25, 0.3) is 0 Å². The Kier molecular flexibility index (Phi) is 6.74. The van der Waals surface area contributed by atoms with Crippen LogP contribution in [0, 0.1) is 0 Å². The third-order valence-corrected chi connectivity index (χ3v) is 7.81. The van der Waals surface area contributed by atoms with Gasteiger partial charge in [0, 0.05) is 42.0 Å². The van der Waals surface area contributed by atoms with Crippen LogP contribution in [-0.2, 0) is 20.7 Å². The molecule has 0 saturated carbocycles. The summed E-state index contributed by atoms with van der Waals surface area (Å²) < 4.78 is 17.0. The van der Waals surface area contributed by atoms with Gasteiger partial charge in [-0.3, -0.25) is 14.4 Å². The second-order valence-corrected chi connectivity index (χ2v) is 10.2. The lowest BCUT2D eigenvalue weighted by Gasteiger charge is -2.42. The topological polar surface area (TPSA) is 206 Å². The number of aromatic hydroxyl groups is 2. The molecule has 208 valence electrons. The molecule has 0 aromatic heterocycles. The summed E-state index contributed by atoms with van der Waals surface area (Å²) in [5.41, 5.74) is 2.37. The molecule has 12 nitrogen and oxygen atoms in total. The number of phenols is 2. The quantitative estimate of drug-likeness (QED) is 0.235. The zero-order chi connectivity index (χ0) is 28.4. The zero-order valence-electron chi connectivity index (χ0n) is 21.2. The summed E-state index contributed by atoms with van der Waals surface area (Å²) in [5.74, 6) is -3.77. The van der Waals surface area contributed by atoms with Gasteiger partial charge < -0.3 is 45.5 Å². The largest absolute Gasteiger partial charge is 0.507 e. The van der Waals surface area contributed by atoms with Crippen molar-refractivity contribution in [2.24, 2.45) is 5.73 Å². The number of nitrogens with two attached hydrogens (primary N) is 1. The van der Waals surface area contributed by atoms with E-state index in [9.17, 15) is 39.9 Å². The molecule has 1 heterocycles. The number of hydrogen-bond donors (Lipinski definition) is 6. The van der Waals surface area contributed by atoms with Crippen LogP contribution in [0.15, 0.2) is 18.2 Å². The standard InChI is InChI=1S/C27H29NO11/c1-10-22(31)13(28)6-17(38-10)39-15-8-27(36,16(30)9-29)7-12-19(15)26(35)21-20(24(12)33)23(32)11-4-3-5-14(37-2)18(11)25(21)34/h3-5,10,13,15,17,22,29,31,33,35-36H,6-9,28H2,1-2H3/t10-,13?,15?,17-,22+,27?/m0/s1. The Balaban J connectivity index is 1.69. The maximum absolute atomic E-state index is 13.6. The number of fused-ring (bicyclic) bond motifs is 3. The Bertz CT molecular complexity index is 1380. The fraction of sp³-hybridized carbons (Fsp3) is 0.444. The van der Waals surface area contributed by atoms with Gasteiger partial charge in [-0.2, -0.15) is 0 Å². The third kappa shape index (κ3) is 4.11. The molecule has 5 rings (SSSR count). The second kappa shape index (κ2) is 9.66. The molecule has 39 heavy (non-hydrogen) atoms. The zero-order valence-corrected chi connectivity index (χ0v) is 21.2. The predicted molar refractivity (Wildman–Crippen MR) is 132 cm³/mol. The number of methoxy groups -OCH3 is 1. The van der Waals surface area contributed by atoms with Gasteiger partial charge in [0.1, 0.15) is 29.5 Å². The molecule has 3 unspecified atom stereocenters. The highest BCUT2D eigenvalue weighted by molar-refractivity contribution is 6.31. The van der Waals surface area contributed by atoms with Gasteiger partial charge in [-0.1, -0.05) is 12.1 Å². The lowest BCUT2D eigenvalue weighted by molar-refractivity contribution is -0.247. The molecule has 2 aromatic rings. The van der Waals surface area contributed by atoms with Gasteiger partial charge >= 0.3 is 0 Å². The number of carbonyl (C=O) groups is 3. The lowest BCUT2D eigenvalue weighted by Crippen LogP contribution is -2.53. The second-order valence-electron chi connectivity index (χ2n) is 10.2. The lowest BCUT2D eigenvalue weighted by atomic mass is 9.72. The summed E-state index contributed by atoms with van der Waals surface area (Å²) in [6.45, 7) is 0.560. The molecule has 0 radical (unpaired) electrons. The molecule has 2 aliphatic carbocycles. The molecule has 0 bridgehead atoms. The maximum Gasteiger partial charge on any atom is 0.202 e. The van der Waals surface area contributed by atoms with Crippen molar-refractivity contribution in [1.82, 2.24) is 0 Å². The average Bonchev–Trinajstić information content (AvgIpc) is 2.90. The molecule has 0 spiro atoms. The first kappa shape index (κ1) is 27.2. The van der Waals surface area contributed by atoms with Crippen molar-refractivity contribution in [3.8, 4) is 17.2 Å². The summed E-state index contributed by atoms with van der Waals surface area (Å²) in [6.07, 6.45) is -5.12. The van der Waals surface area contributed by atoms with Gasteiger partial charge in [-0.25, -0.2) is 0 Å². The number of benzene rings is 2. The Morgan fingerprint density at radius 2 is 1.85 bits per heavy atom. The number of ether oxygens (including phenoxy) is 3. The van der Waals surface area contributed by atoms with Crippen molar-refractivity contribution < 1.29 is 54.1 Å². The van der Waals surface area contributed by atoms with E-state index in [2.05, 4.69) is 0 Å².